The Morgan fingerprint density at radius 2 is 2.00 bits per heavy atom. The Kier molecular flexibility index (Phi) is 2.99. The van der Waals surface area contributed by atoms with Gasteiger partial charge in [-0.25, -0.2) is 0 Å². The summed E-state index contributed by atoms with van der Waals surface area (Å²) in [5, 5.41) is 7.29. The van der Waals surface area contributed by atoms with Gasteiger partial charge >= 0.3 is 0 Å². The van der Waals surface area contributed by atoms with Gasteiger partial charge in [-0.05, 0) is 18.2 Å². The molecule has 0 atom stereocenters. The Hall–Kier alpha value is -1.87. The van der Waals surface area contributed by atoms with Gasteiger partial charge < -0.3 is 0 Å². The van der Waals surface area contributed by atoms with Crippen molar-refractivity contribution in [2.75, 3.05) is 11.6 Å². The average molecular weight is 258 g/mol. The van der Waals surface area contributed by atoms with Crippen LogP contribution in [0.5, 0.6) is 0 Å². The number of nitrogens with zero attached hydrogens (tertiary/aromatic N) is 3. The topological polar surface area (TPSA) is 28.5 Å². The molecule has 0 bridgehead atoms. The fourth-order valence-corrected chi connectivity index (χ4v) is 2.26. The third-order valence-electron chi connectivity index (χ3n) is 2.93. The first-order valence-corrected chi connectivity index (χ1v) is 6.22. The van der Waals surface area contributed by atoms with E-state index in [0.717, 1.165) is 35.0 Å². The second kappa shape index (κ2) is 4.78. The average Bonchev–Trinajstić information content (AvgIpc) is 2.90. The largest absolute Gasteiger partial charge is 0.264 e. The van der Waals surface area contributed by atoms with Crippen LogP contribution >= 0.6 is 11.6 Å². The molecule has 0 N–H and O–H groups in total. The Bertz CT molecular complexity index is 581. The second-order valence-electron chi connectivity index (χ2n) is 4.11. The van der Waals surface area contributed by atoms with Gasteiger partial charge in [-0.2, -0.15) is 5.10 Å². The zero-order chi connectivity index (χ0) is 12.4. The van der Waals surface area contributed by atoms with E-state index in [-0.39, 0.29) is 0 Å². The fraction of sp³-hybridized carbons (Fsp3) is 0.143. The Morgan fingerprint density at radius 1 is 1.11 bits per heavy atom. The number of pyridine rings is 1. The number of hydrogen-bond donors (Lipinski definition) is 0. The predicted octanol–water partition coefficient (Wildman–Crippen LogP) is 3.35. The molecule has 3 nitrogen and oxygen atoms in total. The van der Waals surface area contributed by atoms with Crippen molar-refractivity contribution in [3.8, 4) is 0 Å². The zero-order valence-electron chi connectivity index (χ0n) is 9.75. The molecule has 0 amide bonds. The minimum absolute atomic E-state index is 0.730. The van der Waals surface area contributed by atoms with Crippen molar-refractivity contribution >= 4 is 23.0 Å². The molecule has 90 valence electrons. The molecule has 0 fully saturated rings. The quantitative estimate of drug-likeness (QED) is 0.825. The molecule has 18 heavy (non-hydrogen) atoms. The molecule has 1 aromatic carbocycles. The van der Waals surface area contributed by atoms with Gasteiger partial charge in [0.2, 0.25) is 0 Å². The van der Waals surface area contributed by atoms with Gasteiger partial charge in [-0.1, -0.05) is 29.8 Å². The van der Waals surface area contributed by atoms with Crippen molar-refractivity contribution < 1.29 is 0 Å². The molecule has 2 aromatic rings. The molecule has 3 rings (SSSR count). The van der Waals surface area contributed by atoms with E-state index >= 15 is 0 Å². The maximum Gasteiger partial charge on any atom is 0.0780 e. The number of hydrogen-bond acceptors (Lipinski definition) is 3. The Morgan fingerprint density at radius 3 is 2.78 bits per heavy atom. The molecular formula is C14H12ClN3. The molecule has 0 saturated carbocycles. The minimum atomic E-state index is 0.730. The van der Waals surface area contributed by atoms with Gasteiger partial charge in [-0.15, -0.1) is 0 Å². The van der Waals surface area contributed by atoms with Gasteiger partial charge in [0.05, 0.1) is 16.4 Å². The highest BCUT2D eigenvalue weighted by Gasteiger charge is 2.18. The van der Waals surface area contributed by atoms with Crippen molar-refractivity contribution in [3.05, 3.63) is 59.4 Å². The van der Waals surface area contributed by atoms with E-state index in [4.69, 9.17) is 11.6 Å². The lowest BCUT2D eigenvalue weighted by Gasteiger charge is -2.14. The number of benzene rings is 1. The van der Waals surface area contributed by atoms with Crippen molar-refractivity contribution in [1.82, 2.24) is 4.98 Å². The molecule has 1 aliphatic rings. The summed E-state index contributed by atoms with van der Waals surface area (Å²) in [7, 11) is 0. The third kappa shape index (κ3) is 2.09. The summed E-state index contributed by atoms with van der Waals surface area (Å²) in [6, 6.07) is 11.7. The van der Waals surface area contributed by atoms with Crippen LogP contribution in [0.25, 0.3) is 0 Å². The zero-order valence-corrected chi connectivity index (χ0v) is 10.5. The van der Waals surface area contributed by atoms with E-state index in [1.54, 1.807) is 6.20 Å². The molecule has 0 unspecified atom stereocenters. The predicted molar refractivity (Wildman–Crippen MR) is 74.2 cm³/mol. The van der Waals surface area contributed by atoms with Crippen LogP contribution in [-0.4, -0.2) is 17.2 Å². The highest BCUT2D eigenvalue weighted by Crippen LogP contribution is 2.28. The second-order valence-corrected chi connectivity index (χ2v) is 4.52. The van der Waals surface area contributed by atoms with Crippen LogP contribution in [0, 0.1) is 0 Å². The van der Waals surface area contributed by atoms with E-state index < -0.39 is 0 Å². The smallest absolute Gasteiger partial charge is 0.0780 e. The first kappa shape index (κ1) is 11.2. The summed E-state index contributed by atoms with van der Waals surface area (Å²) in [4.78, 5) is 4.12. The van der Waals surface area contributed by atoms with Crippen molar-refractivity contribution in [1.29, 1.82) is 0 Å². The molecular weight excluding hydrogens is 246 g/mol. The molecule has 0 aliphatic carbocycles. The first-order valence-electron chi connectivity index (χ1n) is 5.84. The van der Waals surface area contributed by atoms with Crippen molar-refractivity contribution in [2.24, 2.45) is 5.10 Å². The summed E-state index contributed by atoms with van der Waals surface area (Å²) in [6.07, 6.45) is 4.52. The van der Waals surface area contributed by atoms with E-state index in [1.165, 1.54) is 0 Å². The number of halogens is 1. The first-order chi connectivity index (χ1) is 8.84. The molecule has 4 heteroatoms. The van der Waals surface area contributed by atoms with Gasteiger partial charge in [-0.3, -0.25) is 9.99 Å². The summed E-state index contributed by atoms with van der Waals surface area (Å²) < 4.78 is 0. The van der Waals surface area contributed by atoms with Gasteiger partial charge in [0, 0.05) is 30.9 Å². The van der Waals surface area contributed by atoms with Gasteiger partial charge in [0.1, 0.15) is 0 Å². The Balaban J connectivity index is 1.91. The highest BCUT2D eigenvalue weighted by molar-refractivity contribution is 6.33. The van der Waals surface area contributed by atoms with Gasteiger partial charge in [0.15, 0.2) is 0 Å². The van der Waals surface area contributed by atoms with E-state index in [9.17, 15) is 0 Å². The van der Waals surface area contributed by atoms with Crippen LogP contribution in [0.2, 0.25) is 5.02 Å². The molecule has 0 radical (unpaired) electrons. The van der Waals surface area contributed by atoms with Crippen LogP contribution < -0.4 is 5.01 Å². The number of rotatable bonds is 2. The van der Waals surface area contributed by atoms with Crippen LogP contribution in [-0.2, 0) is 0 Å². The van der Waals surface area contributed by atoms with Crippen molar-refractivity contribution in [3.63, 3.8) is 0 Å². The Labute approximate surface area is 111 Å². The monoisotopic (exact) mass is 257 g/mol. The number of aromatic nitrogens is 1. The lowest BCUT2D eigenvalue weighted by atomic mass is 10.1. The lowest BCUT2D eigenvalue weighted by Crippen LogP contribution is -2.11. The van der Waals surface area contributed by atoms with Crippen LogP contribution in [0.1, 0.15) is 12.0 Å². The van der Waals surface area contributed by atoms with Crippen LogP contribution in [0.4, 0.5) is 5.69 Å². The maximum absolute atomic E-state index is 6.17. The summed E-state index contributed by atoms with van der Waals surface area (Å²) in [5.74, 6) is 0. The van der Waals surface area contributed by atoms with Crippen LogP contribution in [0.15, 0.2) is 53.9 Å². The van der Waals surface area contributed by atoms with E-state index in [2.05, 4.69) is 10.1 Å². The lowest BCUT2D eigenvalue weighted by molar-refractivity contribution is 0.922. The molecule has 0 saturated heterocycles. The summed E-state index contributed by atoms with van der Waals surface area (Å²) in [6.45, 7) is 0.855. The highest BCUT2D eigenvalue weighted by atomic mass is 35.5. The number of anilines is 1. The fourth-order valence-electron chi connectivity index (χ4n) is 2.03. The van der Waals surface area contributed by atoms with E-state index in [0.29, 0.717) is 0 Å². The maximum atomic E-state index is 6.17. The molecule has 2 heterocycles. The normalized spacial score (nSPS) is 14.7. The summed E-state index contributed by atoms with van der Waals surface area (Å²) in [5.41, 5.74) is 3.09. The SMILES string of the molecule is Clc1ccccc1N1CCC(c2cccnc2)=N1. The standard InChI is InChI=1S/C14H12ClN3/c15-12-5-1-2-6-14(12)18-9-7-13(17-18)11-4-3-8-16-10-11/h1-6,8,10H,7,9H2. The molecule has 0 spiro atoms. The summed E-state index contributed by atoms with van der Waals surface area (Å²) >= 11 is 6.17. The minimum Gasteiger partial charge on any atom is -0.264 e. The molecule has 1 aromatic heterocycles. The van der Waals surface area contributed by atoms with Crippen LogP contribution in [0.3, 0.4) is 0 Å². The number of hydrazone groups is 1. The van der Waals surface area contributed by atoms with Gasteiger partial charge in [0.25, 0.3) is 0 Å². The third-order valence-corrected chi connectivity index (χ3v) is 3.25. The van der Waals surface area contributed by atoms with Crippen molar-refractivity contribution in [2.45, 2.75) is 6.42 Å². The van der Waals surface area contributed by atoms with E-state index in [1.807, 2.05) is 47.6 Å². The molecule has 1 aliphatic heterocycles. The number of para-hydroxylation sites is 1.